The van der Waals surface area contributed by atoms with Gasteiger partial charge in [-0.25, -0.2) is 0 Å². The molecular weight excluding hydrogens is 188 g/mol. The van der Waals surface area contributed by atoms with Crippen LogP contribution in [0.5, 0.6) is 0 Å². The minimum atomic E-state index is -0.402. The summed E-state index contributed by atoms with van der Waals surface area (Å²) in [6.07, 6.45) is -0.402. The molecule has 1 aliphatic rings. The molecule has 0 aromatic heterocycles. The maximum Gasteiger partial charge on any atom is 0.0980 e. The molecule has 1 aliphatic heterocycles. The van der Waals surface area contributed by atoms with Crippen molar-refractivity contribution in [3.63, 3.8) is 0 Å². The highest BCUT2D eigenvalue weighted by Crippen LogP contribution is 2.33. The van der Waals surface area contributed by atoms with E-state index in [-0.39, 0.29) is 6.04 Å². The van der Waals surface area contributed by atoms with E-state index in [9.17, 15) is 5.11 Å². The van der Waals surface area contributed by atoms with E-state index in [1.807, 2.05) is 7.05 Å². The van der Waals surface area contributed by atoms with Crippen molar-refractivity contribution >= 4 is 5.69 Å². The average Bonchev–Trinajstić information content (AvgIpc) is 2.23. The summed E-state index contributed by atoms with van der Waals surface area (Å²) < 4.78 is 0. The van der Waals surface area contributed by atoms with E-state index in [1.165, 1.54) is 5.56 Å². The minimum absolute atomic E-state index is 0.115. The van der Waals surface area contributed by atoms with E-state index in [4.69, 9.17) is 0 Å². The number of rotatable bonds is 1. The first-order valence-electron chi connectivity index (χ1n) is 5.30. The molecule has 0 fully saturated rings. The summed E-state index contributed by atoms with van der Waals surface area (Å²) in [5, 5.41) is 13.3. The molecule has 1 aromatic carbocycles. The zero-order valence-electron chi connectivity index (χ0n) is 9.49. The quantitative estimate of drug-likeness (QED) is 0.721. The van der Waals surface area contributed by atoms with Gasteiger partial charge < -0.3 is 15.3 Å². The summed E-state index contributed by atoms with van der Waals surface area (Å²) in [4.78, 5) is 2.18. The molecule has 82 valence electrons. The van der Waals surface area contributed by atoms with Crippen molar-refractivity contribution in [3.05, 3.63) is 29.3 Å². The van der Waals surface area contributed by atoms with E-state index in [2.05, 4.69) is 42.4 Å². The normalized spacial score (nSPS) is 25.2. The third-order valence-corrected chi connectivity index (χ3v) is 3.14. The van der Waals surface area contributed by atoms with Gasteiger partial charge in [0.2, 0.25) is 0 Å². The van der Waals surface area contributed by atoms with Crippen LogP contribution in [0.1, 0.15) is 17.2 Å². The van der Waals surface area contributed by atoms with Crippen LogP contribution in [0.25, 0.3) is 0 Å². The van der Waals surface area contributed by atoms with Crippen molar-refractivity contribution in [1.82, 2.24) is 5.32 Å². The topological polar surface area (TPSA) is 35.5 Å². The number of nitrogens with zero attached hydrogens (tertiary/aromatic N) is 1. The fraction of sp³-hybridized carbons (Fsp3) is 0.500. The van der Waals surface area contributed by atoms with Gasteiger partial charge in [-0.1, -0.05) is 17.7 Å². The van der Waals surface area contributed by atoms with Gasteiger partial charge in [-0.05, 0) is 20.0 Å². The number of fused-ring (bicyclic) bond motifs is 1. The number of anilines is 1. The second kappa shape index (κ2) is 3.83. The summed E-state index contributed by atoms with van der Waals surface area (Å²) in [5.74, 6) is 0. The highest BCUT2D eigenvalue weighted by Gasteiger charge is 2.29. The van der Waals surface area contributed by atoms with Crippen LogP contribution in [0.2, 0.25) is 0 Å². The predicted molar refractivity (Wildman–Crippen MR) is 62.3 cm³/mol. The Labute approximate surface area is 90.7 Å². The van der Waals surface area contributed by atoms with Crippen LogP contribution in [0.3, 0.4) is 0 Å². The van der Waals surface area contributed by atoms with Crippen LogP contribution < -0.4 is 10.2 Å². The fourth-order valence-electron chi connectivity index (χ4n) is 2.22. The molecule has 15 heavy (non-hydrogen) atoms. The van der Waals surface area contributed by atoms with Gasteiger partial charge in [-0.3, -0.25) is 0 Å². The molecule has 0 saturated heterocycles. The largest absolute Gasteiger partial charge is 0.387 e. The van der Waals surface area contributed by atoms with Gasteiger partial charge in [0.1, 0.15) is 0 Å². The van der Waals surface area contributed by atoms with Crippen molar-refractivity contribution in [1.29, 1.82) is 0 Å². The van der Waals surface area contributed by atoms with Gasteiger partial charge in [0.15, 0.2) is 0 Å². The molecule has 3 heteroatoms. The number of hydrogen-bond donors (Lipinski definition) is 2. The Hall–Kier alpha value is -1.06. The molecule has 0 spiro atoms. The highest BCUT2D eigenvalue weighted by molar-refractivity contribution is 5.58. The molecule has 2 atom stereocenters. The third kappa shape index (κ3) is 1.73. The first-order chi connectivity index (χ1) is 7.13. The lowest BCUT2D eigenvalue weighted by atomic mass is 9.94. The molecule has 2 rings (SSSR count). The summed E-state index contributed by atoms with van der Waals surface area (Å²) in [5.41, 5.74) is 3.36. The molecule has 3 nitrogen and oxygen atoms in total. The molecule has 0 amide bonds. The van der Waals surface area contributed by atoms with Crippen molar-refractivity contribution in [2.75, 3.05) is 25.5 Å². The molecule has 1 aromatic rings. The van der Waals surface area contributed by atoms with E-state index >= 15 is 0 Å². The molecule has 0 bridgehead atoms. The molecule has 0 radical (unpaired) electrons. The molecular formula is C12H18N2O. The number of hydrogen-bond acceptors (Lipinski definition) is 3. The van der Waals surface area contributed by atoms with Crippen LogP contribution >= 0.6 is 0 Å². The van der Waals surface area contributed by atoms with Crippen molar-refractivity contribution in [2.24, 2.45) is 0 Å². The minimum Gasteiger partial charge on any atom is -0.387 e. The maximum atomic E-state index is 10.2. The molecule has 1 heterocycles. The number of benzene rings is 1. The van der Waals surface area contributed by atoms with Gasteiger partial charge in [0, 0.05) is 24.8 Å². The Balaban J connectivity index is 2.45. The Morgan fingerprint density at radius 3 is 2.87 bits per heavy atom. The van der Waals surface area contributed by atoms with Crippen LogP contribution in [-0.2, 0) is 0 Å². The number of aliphatic hydroxyl groups excluding tert-OH is 1. The SMILES string of the molecule is CNC1CN(C)c2ccc(C)cc2C1O. The van der Waals surface area contributed by atoms with E-state index in [0.29, 0.717) is 0 Å². The van der Waals surface area contributed by atoms with Crippen molar-refractivity contribution in [3.8, 4) is 0 Å². The van der Waals surface area contributed by atoms with Crippen LogP contribution in [0.4, 0.5) is 5.69 Å². The molecule has 0 aliphatic carbocycles. The third-order valence-electron chi connectivity index (χ3n) is 3.14. The fourth-order valence-corrected chi connectivity index (χ4v) is 2.22. The van der Waals surface area contributed by atoms with E-state index in [0.717, 1.165) is 17.8 Å². The number of aryl methyl sites for hydroxylation is 1. The molecule has 0 saturated carbocycles. The lowest BCUT2D eigenvalue weighted by molar-refractivity contribution is 0.129. The standard InChI is InChI=1S/C12H18N2O/c1-8-4-5-11-9(6-8)12(15)10(13-2)7-14(11)3/h4-6,10,12-13,15H,7H2,1-3H3. The van der Waals surface area contributed by atoms with Crippen LogP contribution in [-0.4, -0.2) is 31.8 Å². The van der Waals surface area contributed by atoms with Crippen molar-refractivity contribution in [2.45, 2.75) is 19.1 Å². The Morgan fingerprint density at radius 2 is 2.20 bits per heavy atom. The summed E-state index contributed by atoms with van der Waals surface area (Å²) >= 11 is 0. The summed E-state index contributed by atoms with van der Waals surface area (Å²) in [7, 11) is 3.95. The van der Waals surface area contributed by atoms with E-state index in [1.54, 1.807) is 0 Å². The zero-order valence-corrected chi connectivity index (χ0v) is 9.49. The Morgan fingerprint density at radius 1 is 1.47 bits per heavy atom. The second-order valence-corrected chi connectivity index (χ2v) is 4.28. The predicted octanol–water partition coefficient (Wildman–Crippen LogP) is 1.07. The lowest BCUT2D eigenvalue weighted by Crippen LogP contribution is -2.46. The van der Waals surface area contributed by atoms with Gasteiger partial charge in [-0.15, -0.1) is 0 Å². The van der Waals surface area contributed by atoms with Gasteiger partial charge in [0.25, 0.3) is 0 Å². The highest BCUT2D eigenvalue weighted by atomic mass is 16.3. The monoisotopic (exact) mass is 206 g/mol. The van der Waals surface area contributed by atoms with Gasteiger partial charge in [-0.2, -0.15) is 0 Å². The smallest absolute Gasteiger partial charge is 0.0980 e. The zero-order chi connectivity index (χ0) is 11.0. The first-order valence-corrected chi connectivity index (χ1v) is 5.30. The van der Waals surface area contributed by atoms with Gasteiger partial charge >= 0.3 is 0 Å². The van der Waals surface area contributed by atoms with Crippen LogP contribution in [0.15, 0.2) is 18.2 Å². The lowest BCUT2D eigenvalue weighted by Gasteiger charge is -2.37. The number of nitrogens with one attached hydrogen (secondary N) is 1. The van der Waals surface area contributed by atoms with Gasteiger partial charge in [0.05, 0.1) is 12.1 Å². The Kier molecular flexibility index (Phi) is 2.67. The number of likely N-dealkylation sites (N-methyl/N-ethyl adjacent to an activating group) is 2. The van der Waals surface area contributed by atoms with Crippen LogP contribution in [0, 0.1) is 6.92 Å². The first kappa shape index (κ1) is 10.5. The van der Waals surface area contributed by atoms with Crippen molar-refractivity contribution < 1.29 is 5.11 Å². The maximum absolute atomic E-state index is 10.2. The number of aliphatic hydroxyl groups is 1. The second-order valence-electron chi connectivity index (χ2n) is 4.28. The Bertz CT molecular complexity index is 365. The molecule has 2 unspecified atom stereocenters. The summed E-state index contributed by atoms with van der Waals surface area (Å²) in [6, 6.07) is 6.35. The molecule has 2 N–H and O–H groups in total. The summed E-state index contributed by atoms with van der Waals surface area (Å²) in [6.45, 7) is 2.89. The average molecular weight is 206 g/mol. The van der Waals surface area contributed by atoms with E-state index < -0.39 is 6.10 Å².